The van der Waals surface area contributed by atoms with Crippen LogP contribution in [0.3, 0.4) is 0 Å². The highest BCUT2D eigenvalue weighted by Crippen LogP contribution is 2.20. The Morgan fingerprint density at radius 3 is 2.25 bits per heavy atom. The second-order valence-corrected chi connectivity index (χ2v) is 6.78. The van der Waals surface area contributed by atoms with Crippen molar-refractivity contribution in [1.82, 2.24) is 5.32 Å². The molecule has 0 aliphatic carbocycles. The van der Waals surface area contributed by atoms with E-state index >= 15 is 0 Å². The number of thiocarbonyl (C=S) groups is 1. The summed E-state index contributed by atoms with van der Waals surface area (Å²) in [4.78, 5) is 0. The van der Waals surface area contributed by atoms with Crippen LogP contribution in [0.15, 0.2) is 42.5 Å². The van der Waals surface area contributed by atoms with Crippen molar-refractivity contribution in [3.05, 3.63) is 59.2 Å². The molecule has 0 saturated carbocycles. The van der Waals surface area contributed by atoms with Crippen LogP contribution in [-0.4, -0.2) is 11.2 Å². The van der Waals surface area contributed by atoms with Crippen LogP contribution in [-0.2, 0) is 0 Å². The second kappa shape index (κ2) is 8.15. The first kappa shape index (κ1) is 18.3. The highest BCUT2D eigenvalue weighted by Gasteiger charge is 2.10. The number of hydrogen-bond donors (Lipinski definition) is 2. The third-order valence-corrected chi connectivity index (χ3v) is 3.94. The van der Waals surface area contributed by atoms with Gasteiger partial charge in [-0.1, -0.05) is 23.8 Å². The number of nitrogens with one attached hydrogen (secondary N) is 2. The smallest absolute Gasteiger partial charge is 0.171 e. The van der Waals surface area contributed by atoms with Crippen LogP contribution in [0, 0.1) is 13.8 Å². The van der Waals surface area contributed by atoms with Gasteiger partial charge in [-0.3, -0.25) is 0 Å². The lowest BCUT2D eigenvalue weighted by Gasteiger charge is -2.19. The maximum Gasteiger partial charge on any atom is 0.171 e. The molecule has 128 valence electrons. The van der Waals surface area contributed by atoms with E-state index in [4.69, 9.17) is 17.0 Å². The van der Waals surface area contributed by atoms with E-state index in [0.717, 1.165) is 11.4 Å². The Kier molecular flexibility index (Phi) is 6.21. The molecule has 0 amide bonds. The van der Waals surface area contributed by atoms with E-state index in [0.29, 0.717) is 5.11 Å². The molecule has 2 aromatic carbocycles. The number of rotatable bonds is 5. The first-order valence-corrected chi connectivity index (χ1v) is 8.67. The molecule has 0 aromatic heterocycles. The molecule has 1 atom stereocenters. The summed E-state index contributed by atoms with van der Waals surface area (Å²) in [6.07, 6.45) is 0.171. The predicted octanol–water partition coefficient (Wildman–Crippen LogP) is 5.14. The van der Waals surface area contributed by atoms with Gasteiger partial charge in [0.25, 0.3) is 0 Å². The van der Waals surface area contributed by atoms with Gasteiger partial charge in [-0.15, -0.1) is 0 Å². The summed E-state index contributed by atoms with van der Waals surface area (Å²) < 4.78 is 5.64. The lowest BCUT2D eigenvalue weighted by molar-refractivity contribution is 0.242. The van der Waals surface area contributed by atoms with Crippen molar-refractivity contribution in [1.29, 1.82) is 0 Å². The largest absolute Gasteiger partial charge is 0.491 e. The van der Waals surface area contributed by atoms with Crippen molar-refractivity contribution in [2.75, 3.05) is 5.32 Å². The molecule has 0 saturated heterocycles. The molecule has 2 rings (SSSR count). The third kappa shape index (κ3) is 5.24. The molecule has 2 aromatic rings. The molecule has 0 heterocycles. The number of ether oxygens (including phenoxy) is 1. The number of benzene rings is 2. The Bertz CT molecular complexity index is 695. The van der Waals surface area contributed by atoms with Crippen molar-refractivity contribution < 1.29 is 4.74 Å². The number of hydrogen-bond acceptors (Lipinski definition) is 2. The summed E-state index contributed by atoms with van der Waals surface area (Å²) >= 11 is 5.43. The lowest BCUT2D eigenvalue weighted by Crippen LogP contribution is -2.31. The zero-order chi connectivity index (χ0) is 17.7. The number of anilines is 1. The van der Waals surface area contributed by atoms with Crippen LogP contribution < -0.4 is 15.4 Å². The minimum Gasteiger partial charge on any atom is -0.491 e. The SMILES string of the molecule is Cc1ccc(C(C)NC(=S)Nc2ccc(OC(C)C)cc2)c(C)c1. The molecule has 0 spiro atoms. The predicted molar refractivity (Wildman–Crippen MR) is 106 cm³/mol. The zero-order valence-corrected chi connectivity index (χ0v) is 15.8. The third-order valence-electron chi connectivity index (χ3n) is 3.72. The van der Waals surface area contributed by atoms with E-state index in [2.05, 4.69) is 49.6 Å². The first-order chi connectivity index (χ1) is 11.3. The van der Waals surface area contributed by atoms with Crippen LogP contribution >= 0.6 is 12.2 Å². The second-order valence-electron chi connectivity index (χ2n) is 6.37. The molecular weight excluding hydrogens is 316 g/mol. The summed E-state index contributed by atoms with van der Waals surface area (Å²) in [5, 5.41) is 7.17. The average Bonchev–Trinajstić information content (AvgIpc) is 2.48. The number of aryl methyl sites for hydroxylation is 2. The molecule has 4 heteroatoms. The Morgan fingerprint density at radius 1 is 1.00 bits per heavy atom. The van der Waals surface area contributed by atoms with E-state index < -0.39 is 0 Å². The van der Waals surface area contributed by atoms with Crippen molar-refractivity contribution in [2.24, 2.45) is 0 Å². The highest BCUT2D eigenvalue weighted by atomic mass is 32.1. The fourth-order valence-electron chi connectivity index (χ4n) is 2.64. The molecule has 0 aliphatic rings. The Morgan fingerprint density at radius 2 is 1.67 bits per heavy atom. The normalized spacial score (nSPS) is 11.9. The highest BCUT2D eigenvalue weighted by molar-refractivity contribution is 7.80. The Hall–Kier alpha value is -2.07. The van der Waals surface area contributed by atoms with Gasteiger partial charge in [0.2, 0.25) is 0 Å². The summed E-state index contributed by atoms with van der Waals surface area (Å²) in [6.45, 7) is 10.4. The first-order valence-electron chi connectivity index (χ1n) is 8.26. The topological polar surface area (TPSA) is 33.3 Å². The monoisotopic (exact) mass is 342 g/mol. The molecule has 0 bridgehead atoms. The fraction of sp³-hybridized carbons (Fsp3) is 0.350. The average molecular weight is 343 g/mol. The van der Waals surface area contributed by atoms with Gasteiger partial charge in [0.1, 0.15) is 5.75 Å². The van der Waals surface area contributed by atoms with E-state index in [1.165, 1.54) is 16.7 Å². The fourth-order valence-corrected chi connectivity index (χ4v) is 2.94. The summed E-state index contributed by atoms with van der Waals surface area (Å²) in [6, 6.07) is 14.4. The van der Waals surface area contributed by atoms with E-state index in [9.17, 15) is 0 Å². The van der Waals surface area contributed by atoms with Crippen LogP contribution in [0.2, 0.25) is 0 Å². The minimum atomic E-state index is 0.147. The van der Waals surface area contributed by atoms with E-state index in [1.807, 2.05) is 38.1 Å². The van der Waals surface area contributed by atoms with Crippen LogP contribution in [0.5, 0.6) is 5.75 Å². The summed E-state index contributed by atoms with van der Waals surface area (Å²) in [5.74, 6) is 0.859. The van der Waals surface area contributed by atoms with Crippen molar-refractivity contribution >= 4 is 23.0 Å². The standard InChI is InChI=1S/C20H26N2OS/c1-13(2)23-18-9-7-17(8-10-18)22-20(24)21-16(5)19-11-6-14(3)12-15(19)4/h6-13,16H,1-5H3,(H2,21,22,24). The van der Waals surface area contributed by atoms with Gasteiger partial charge in [-0.2, -0.15) is 0 Å². The summed E-state index contributed by atoms with van der Waals surface area (Å²) in [7, 11) is 0. The lowest BCUT2D eigenvalue weighted by atomic mass is 10.0. The van der Waals surface area contributed by atoms with Crippen LogP contribution in [0.1, 0.15) is 43.5 Å². The van der Waals surface area contributed by atoms with Gasteiger partial charge < -0.3 is 15.4 Å². The van der Waals surface area contributed by atoms with Crippen molar-refractivity contribution in [3.8, 4) is 5.75 Å². The van der Waals surface area contributed by atoms with Gasteiger partial charge in [0.05, 0.1) is 12.1 Å². The van der Waals surface area contributed by atoms with Gasteiger partial charge >= 0.3 is 0 Å². The molecule has 3 nitrogen and oxygen atoms in total. The molecule has 24 heavy (non-hydrogen) atoms. The molecule has 0 fully saturated rings. The quantitative estimate of drug-likeness (QED) is 0.737. The van der Waals surface area contributed by atoms with Crippen LogP contribution in [0.25, 0.3) is 0 Å². The van der Waals surface area contributed by atoms with Gasteiger partial charge in [0.15, 0.2) is 5.11 Å². The van der Waals surface area contributed by atoms with E-state index in [-0.39, 0.29) is 12.1 Å². The molecule has 2 N–H and O–H groups in total. The Labute approximate surface area is 150 Å². The maximum absolute atomic E-state index is 5.64. The Balaban J connectivity index is 1.95. The van der Waals surface area contributed by atoms with Crippen molar-refractivity contribution in [2.45, 2.75) is 46.8 Å². The molecular formula is C20H26N2OS. The van der Waals surface area contributed by atoms with Gasteiger partial charge in [-0.05, 0) is 82.2 Å². The van der Waals surface area contributed by atoms with Gasteiger partial charge in [0, 0.05) is 5.69 Å². The molecule has 0 radical (unpaired) electrons. The zero-order valence-electron chi connectivity index (χ0n) is 15.0. The van der Waals surface area contributed by atoms with Gasteiger partial charge in [-0.25, -0.2) is 0 Å². The molecule has 0 aliphatic heterocycles. The minimum absolute atomic E-state index is 0.147. The van der Waals surface area contributed by atoms with Crippen LogP contribution in [0.4, 0.5) is 5.69 Å². The van der Waals surface area contributed by atoms with E-state index in [1.54, 1.807) is 0 Å². The summed E-state index contributed by atoms with van der Waals surface area (Å²) in [5.41, 5.74) is 4.74. The van der Waals surface area contributed by atoms with Crippen molar-refractivity contribution in [3.63, 3.8) is 0 Å². The molecule has 1 unspecified atom stereocenters. The maximum atomic E-state index is 5.64.